The average Bonchev–Trinajstić information content (AvgIpc) is 3.11. The van der Waals surface area contributed by atoms with Crippen LogP contribution in [0, 0.1) is 20.8 Å². The van der Waals surface area contributed by atoms with E-state index < -0.39 is 10.0 Å². The van der Waals surface area contributed by atoms with Crippen LogP contribution in [0.3, 0.4) is 0 Å². The molecule has 0 aliphatic carbocycles. The Morgan fingerprint density at radius 3 is 2.28 bits per heavy atom. The maximum Gasteiger partial charge on any atom is 0.255 e. The summed E-state index contributed by atoms with van der Waals surface area (Å²) >= 11 is 1.56. The molecule has 0 spiro atoms. The van der Waals surface area contributed by atoms with Gasteiger partial charge >= 0.3 is 0 Å². The number of carbonyl (C=O) groups is 1. The molecule has 152 valence electrons. The molecule has 1 amide bonds. The number of anilines is 1. The highest BCUT2D eigenvalue weighted by Crippen LogP contribution is 2.27. The van der Waals surface area contributed by atoms with Crippen LogP contribution in [0.5, 0.6) is 0 Å². The van der Waals surface area contributed by atoms with E-state index in [-0.39, 0.29) is 10.8 Å². The van der Waals surface area contributed by atoms with Crippen molar-refractivity contribution in [3.05, 3.63) is 64.2 Å². The normalized spacial score (nSPS) is 11.7. The Morgan fingerprint density at radius 2 is 1.72 bits per heavy atom. The van der Waals surface area contributed by atoms with Crippen LogP contribution in [0.2, 0.25) is 0 Å². The second kappa shape index (κ2) is 8.06. The lowest BCUT2D eigenvalue weighted by Gasteiger charge is -2.16. The summed E-state index contributed by atoms with van der Waals surface area (Å²) in [7, 11) is -0.636. The van der Waals surface area contributed by atoms with E-state index in [1.54, 1.807) is 29.5 Å². The highest BCUT2D eigenvalue weighted by molar-refractivity contribution is 7.89. The SMILES string of the molecule is Cc1csc(-c2ccc(C(=O)Nc3cc(S(=O)(=O)N(C)C)cc(C)c3C)cc2)n1. The van der Waals surface area contributed by atoms with Gasteiger partial charge in [-0.3, -0.25) is 4.79 Å². The molecule has 0 saturated heterocycles. The Labute approximate surface area is 175 Å². The summed E-state index contributed by atoms with van der Waals surface area (Å²) in [5, 5.41) is 5.73. The maximum absolute atomic E-state index is 12.7. The van der Waals surface area contributed by atoms with Crippen molar-refractivity contribution in [3.63, 3.8) is 0 Å². The van der Waals surface area contributed by atoms with Gasteiger partial charge in [0.25, 0.3) is 5.91 Å². The summed E-state index contributed by atoms with van der Waals surface area (Å²) in [6.07, 6.45) is 0. The fourth-order valence-electron chi connectivity index (χ4n) is 2.76. The summed E-state index contributed by atoms with van der Waals surface area (Å²) in [4.78, 5) is 17.3. The van der Waals surface area contributed by atoms with Crippen LogP contribution < -0.4 is 5.32 Å². The number of rotatable bonds is 5. The van der Waals surface area contributed by atoms with Crippen molar-refractivity contribution in [2.45, 2.75) is 25.7 Å². The molecule has 6 nitrogen and oxygen atoms in total. The van der Waals surface area contributed by atoms with E-state index in [9.17, 15) is 13.2 Å². The van der Waals surface area contributed by atoms with E-state index in [1.807, 2.05) is 38.3 Å². The number of aromatic nitrogens is 1. The van der Waals surface area contributed by atoms with Gasteiger partial charge in [0.05, 0.1) is 4.90 Å². The number of nitrogens with zero attached hydrogens (tertiary/aromatic N) is 2. The highest BCUT2D eigenvalue weighted by Gasteiger charge is 2.20. The van der Waals surface area contributed by atoms with Crippen LogP contribution in [-0.4, -0.2) is 37.7 Å². The molecule has 1 heterocycles. The molecule has 1 aromatic heterocycles. The van der Waals surface area contributed by atoms with Gasteiger partial charge in [0.1, 0.15) is 5.01 Å². The van der Waals surface area contributed by atoms with Crippen molar-refractivity contribution in [2.24, 2.45) is 0 Å². The summed E-state index contributed by atoms with van der Waals surface area (Å²) in [5.74, 6) is -0.297. The molecule has 0 saturated carbocycles. The van der Waals surface area contributed by atoms with E-state index >= 15 is 0 Å². The van der Waals surface area contributed by atoms with Crippen molar-refractivity contribution in [1.29, 1.82) is 0 Å². The lowest BCUT2D eigenvalue weighted by atomic mass is 10.1. The number of aryl methyl sites for hydroxylation is 2. The van der Waals surface area contributed by atoms with Gasteiger partial charge in [-0.2, -0.15) is 0 Å². The van der Waals surface area contributed by atoms with Gasteiger partial charge in [-0.1, -0.05) is 12.1 Å². The Balaban J connectivity index is 1.88. The quantitative estimate of drug-likeness (QED) is 0.658. The molecule has 0 bridgehead atoms. The first-order chi connectivity index (χ1) is 13.6. The molecule has 0 fully saturated rings. The third kappa shape index (κ3) is 4.39. The van der Waals surface area contributed by atoms with E-state index in [0.717, 1.165) is 31.7 Å². The van der Waals surface area contributed by atoms with Crippen LogP contribution in [0.4, 0.5) is 5.69 Å². The zero-order valence-corrected chi connectivity index (χ0v) is 18.6. The minimum atomic E-state index is -3.60. The van der Waals surface area contributed by atoms with Gasteiger partial charge in [0.15, 0.2) is 0 Å². The molecule has 0 unspecified atom stereocenters. The molecule has 0 atom stereocenters. The predicted molar refractivity (Wildman–Crippen MR) is 117 cm³/mol. The number of thiazole rings is 1. The number of nitrogens with one attached hydrogen (secondary N) is 1. The second-order valence-corrected chi connectivity index (χ2v) is 10.0. The van der Waals surface area contributed by atoms with Gasteiger partial charge in [0, 0.05) is 42.0 Å². The summed E-state index contributed by atoms with van der Waals surface area (Å²) in [6, 6.07) is 10.3. The number of benzene rings is 2. The Kier molecular flexibility index (Phi) is 5.88. The van der Waals surface area contributed by atoms with Crippen LogP contribution >= 0.6 is 11.3 Å². The maximum atomic E-state index is 12.7. The van der Waals surface area contributed by atoms with Gasteiger partial charge in [0.2, 0.25) is 10.0 Å². The van der Waals surface area contributed by atoms with Gasteiger partial charge < -0.3 is 5.32 Å². The van der Waals surface area contributed by atoms with Crippen molar-refractivity contribution < 1.29 is 13.2 Å². The number of hydrogen-bond donors (Lipinski definition) is 1. The summed E-state index contributed by atoms with van der Waals surface area (Å²) < 4.78 is 26.1. The van der Waals surface area contributed by atoms with Crippen LogP contribution in [0.1, 0.15) is 27.2 Å². The first-order valence-electron chi connectivity index (χ1n) is 8.97. The predicted octanol–water partition coefficient (Wildman–Crippen LogP) is 4.24. The molecular formula is C21H23N3O3S2. The second-order valence-electron chi connectivity index (χ2n) is 7.03. The van der Waals surface area contributed by atoms with Crippen LogP contribution in [0.15, 0.2) is 46.7 Å². The third-order valence-corrected chi connectivity index (χ3v) is 7.48. The van der Waals surface area contributed by atoms with E-state index in [1.165, 1.54) is 20.2 Å². The largest absolute Gasteiger partial charge is 0.322 e. The summed E-state index contributed by atoms with van der Waals surface area (Å²) in [5.41, 5.74) is 4.50. The van der Waals surface area contributed by atoms with E-state index in [4.69, 9.17) is 0 Å². The van der Waals surface area contributed by atoms with Gasteiger partial charge in [-0.05, 0) is 56.2 Å². The molecule has 29 heavy (non-hydrogen) atoms. The number of sulfonamides is 1. The third-order valence-electron chi connectivity index (χ3n) is 4.68. The molecule has 3 aromatic rings. The van der Waals surface area contributed by atoms with E-state index in [2.05, 4.69) is 10.3 Å². The molecule has 0 radical (unpaired) electrons. The van der Waals surface area contributed by atoms with Crippen molar-refractivity contribution in [3.8, 4) is 10.6 Å². The smallest absolute Gasteiger partial charge is 0.255 e. The minimum Gasteiger partial charge on any atom is -0.322 e. The Morgan fingerprint density at radius 1 is 1.07 bits per heavy atom. The number of amides is 1. The molecule has 8 heteroatoms. The lowest BCUT2D eigenvalue weighted by Crippen LogP contribution is -2.23. The van der Waals surface area contributed by atoms with Crippen LogP contribution in [-0.2, 0) is 10.0 Å². The topological polar surface area (TPSA) is 79.4 Å². The van der Waals surface area contributed by atoms with Crippen molar-refractivity contribution in [1.82, 2.24) is 9.29 Å². The zero-order chi connectivity index (χ0) is 21.3. The van der Waals surface area contributed by atoms with Crippen molar-refractivity contribution in [2.75, 3.05) is 19.4 Å². The number of carbonyl (C=O) groups excluding carboxylic acids is 1. The first-order valence-corrected chi connectivity index (χ1v) is 11.3. The lowest BCUT2D eigenvalue weighted by molar-refractivity contribution is 0.102. The summed E-state index contributed by atoms with van der Waals surface area (Å²) in [6.45, 7) is 5.62. The van der Waals surface area contributed by atoms with Crippen LogP contribution in [0.25, 0.3) is 10.6 Å². The minimum absolute atomic E-state index is 0.149. The molecule has 0 aliphatic rings. The first kappa shape index (κ1) is 21.2. The zero-order valence-electron chi connectivity index (χ0n) is 17.0. The monoisotopic (exact) mass is 429 g/mol. The molecule has 0 aliphatic heterocycles. The molecule has 3 rings (SSSR count). The standard InChI is InChI=1S/C21H23N3O3S2/c1-13-10-18(29(26,27)24(4)5)11-19(15(13)3)23-20(25)16-6-8-17(9-7-16)21-22-14(2)12-28-21/h6-12H,1-5H3,(H,23,25). The molecular weight excluding hydrogens is 406 g/mol. The molecule has 1 N–H and O–H groups in total. The van der Waals surface area contributed by atoms with Gasteiger partial charge in [-0.15, -0.1) is 11.3 Å². The average molecular weight is 430 g/mol. The van der Waals surface area contributed by atoms with Gasteiger partial charge in [-0.25, -0.2) is 17.7 Å². The fraction of sp³-hybridized carbons (Fsp3) is 0.238. The fourth-order valence-corrected chi connectivity index (χ4v) is 4.58. The molecule has 2 aromatic carbocycles. The Hall–Kier alpha value is -2.55. The van der Waals surface area contributed by atoms with Crippen molar-refractivity contribution >= 4 is 33.0 Å². The van der Waals surface area contributed by atoms with E-state index in [0.29, 0.717) is 11.3 Å². The Bertz CT molecular complexity index is 1160. The highest BCUT2D eigenvalue weighted by atomic mass is 32.2. The number of hydrogen-bond acceptors (Lipinski definition) is 5.